The molecule has 0 radical (unpaired) electrons. The summed E-state index contributed by atoms with van der Waals surface area (Å²) in [6.45, 7) is 5.36. The highest BCUT2D eigenvalue weighted by molar-refractivity contribution is 14.0. The Bertz CT molecular complexity index is 525. The molecule has 25 heavy (non-hydrogen) atoms. The largest absolute Gasteiger partial charge is 0.354 e. The fourth-order valence-electron chi connectivity index (χ4n) is 3.37. The van der Waals surface area contributed by atoms with Crippen molar-refractivity contribution in [3.63, 3.8) is 0 Å². The molecule has 2 atom stereocenters. The average Bonchev–Trinajstić information content (AvgIpc) is 3.07. The van der Waals surface area contributed by atoms with E-state index in [0.717, 1.165) is 22.7 Å². The third kappa shape index (κ3) is 6.92. The van der Waals surface area contributed by atoms with Crippen LogP contribution in [-0.4, -0.2) is 38.1 Å². The predicted octanol–water partition coefficient (Wildman–Crippen LogP) is 4.10. The molecular weight excluding hydrogens is 445 g/mol. The second-order valence-corrected chi connectivity index (χ2v) is 7.97. The molecule has 2 N–H and O–H groups in total. The summed E-state index contributed by atoms with van der Waals surface area (Å²) >= 11 is 1.67. The summed E-state index contributed by atoms with van der Waals surface area (Å²) < 4.78 is 0. The highest BCUT2D eigenvalue weighted by Gasteiger charge is 2.24. The van der Waals surface area contributed by atoms with Gasteiger partial charge in [-0.2, -0.15) is 0 Å². The number of aliphatic imine (C=N–C) groups is 1. The molecule has 1 aliphatic carbocycles. The van der Waals surface area contributed by atoms with Crippen LogP contribution in [0, 0.1) is 11.8 Å². The first-order chi connectivity index (χ1) is 11.5. The van der Waals surface area contributed by atoms with Gasteiger partial charge in [0.15, 0.2) is 11.1 Å². The van der Waals surface area contributed by atoms with E-state index in [1.807, 2.05) is 26.0 Å². The molecule has 1 aromatic rings. The predicted molar refractivity (Wildman–Crippen MR) is 120 cm³/mol. The number of nitrogens with zero attached hydrogens (tertiary/aromatic N) is 3. The SMILES string of the molecule is CN=C(NCc1csc(N(C)C)n1)NC(C)C(C)C1CCCCC1.I. The number of hydrogen-bond acceptors (Lipinski definition) is 4. The maximum atomic E-state index is 4.60. The van der Waals surface area contributed by atoms with Gasteiger partial charge in [0.2, 0.25) is 0 Å². The molecule has 0 aromatic carbocycles. The van der Waals surface area contributed by atoms with E-state index in [0.29, 0.717) is 18.5 Å². The second-order valence-electron chi connectivity index (χ2n) is 7.13. The first kappa shape index (κ1) is 22.5. The summed E-state index contributed by atoms with van der Waals surface area (Å²) in [5.74, 6) is 2.38. The Balaban J connectivity index is 0.00000312. The summed E-state index contributed by atoms with van der Waals surface area (Å²) in [7, 11) is 5.87. The molecule has 1 aromatic heterocycles. The second kappa shape index (κ2) is 11.2. The van der Waals surface area contributed by atoms with Gasteiger partial charge in [-0.1, -0.05) is 39.0 Å². The molecule has 0 spiro atoms. The molecule has 0 amide bonds. The third-order valence-corrected chi connectivity index (χ3v) is 6.19. The van der Waals surface area contributed by atoms with E-state index >= 15 is 0 Å². The van der Waals surface area contributed by atoms with Crippen LogP contribution in [0.5, 0.6) is 0 Å². The lowest BCUT2D eigenvalue weighted by atomic mass is 9.78. The topological polar surface area (TPSA) is 52.6 Å². The van der Waals surface area contributed by atoms with Gasteiger partial charge in [-0.3, -0.25) is 4.99 Å². The van der Waals surface area contributed by atoms with Crippen molar-refractivity contribution in [2.75, 3.05) is 26.0 Å². The van der Waals surface area contributed by atoms with Gasteiger partial charge in [0, 0.05) is 32.6 Å². The first-order valence-electron chi connectivity index (χ1n) is 9.10. The van der Waals surface area contributed by atoms with Crippen molar-refractivity contribution in [3.05, 3.63) is 11.1 Å². The van der Waals surface area contributed by atoms with Crippen LogP contribution in [0.4, 0.5) is 5.13 Å². The van der Waals surface area contributed by atoms with Gasteiger partial charge in [-0.05, 0) is 18.8 Å². The summed E-state index contributed by atoms with van der Waals surface area (Å²) in [5, 5.41) is 10.1. The fraction of sp³-hybridized carbons (Fsp3) is 0.778. The van der Waals surface area contributed by atoms with Crippen molar-refractivity contribution in [3.8, 4) is 0 Å². The molecule has 1 heterocycles. The number of nitrogens with one attached hydrogen (secondary N) is 2. The van der Waals surface area contributed by atoms with Crippen LogP contribution >= 0.6 is 35.3 Å². The molecule has 144 valence electrons. The Kier molecular flexibility index (Phi) is 10.1. The highest BCUT2D eigenvalue weighted by atomic mass is 127. The number of hydrogen-bond donors (Lipinski definition) is 2. The van der Waals surface area contributed by atoms with Crippen molar-refractivity contribution < 1.29 is 0 Å². The van der Waals surface area contributed by atoms with Crippen LogP contribution in [0.2, 0.25) is 0 Å². The van der Waals surface area contributed by atoms with E-state index in [2.05, 4.69) is 39.8 Å². The quantitative estimate of drug-likeness (QED) is 0.367. The molecule has 5 nitrogen and oxygen atoms in total. The number of aromatic nitrogens is 1. The molecule has 0 bridgehead atoms. The molecule has 2 unspecified atom stereocenters. The van der Waals surface area contributed by atoms with Crippen molar-refractivity contribution in [1.29, 1.82) is 0 Å². The van der Waals surface area contributed by atoms with E-state index in [4.69, 9.17) is 0 Å². The summed E-state index contributed by atoms with van der Waals surface area (Å²) in [4.78, 5) is 11.0. The maximum absolute atomic E-state index is 4.60. The van der Waals surface area contributed by atoms with E-state index in [9.17, 15) is 0 Å². The Labute approximate surface area is 174 Å². The summed E-state index contributed by atoms with van der Waals surface area (Å²) in [6.07, 6.45) is 6.97. The minimum absolute atomic E-state index is 0. The lowest BCUT2D eigenvalue weighted by Crippen LogP contribution is -2.46. The summed E-state index contributed by atoms with van der Waals surface area (Å²) in [6, 6.07) is 0.423. The van der Waals surface area contributed by atoms with E-state index in [1.54, 1.807) is 11.3 Å². The number of anilines is 1. The molecule has 0 aliphatic heterocycles. The smallest absolute Gasteiger partial charge is 0.191 e. The average molecular weight is 479 g/mol. The van der Waals surface area contributed by atoms with E-state index in [1.165, 1.54) is 32.1 Å². The standard InChI is InChI=1S/C18H33N5S.HI/c1-13(15-9-7-6-8-10-15)14(2)21-17(19-3)20-11-16-12-24-18(22-16)23(4)5;/h12-15H,6-11H2,1-5H3,(H2,19,20,21);1H. The minimum atomic E-state index is 0. The molecule has 7 heteroatoms. The number of rotatable bonds is 6. The van der Waals surface area contributed by atoms with Gasteiger partial charge in [-0.25, -0.2) is 4.98 Å². The van der Waals surface area contributed by atoms with Gasteiger partial charge in [0.1, 0.15) is 0 Å². The van der Waals surface area contributed by atoms with Crippen LogP contribution in [0.25, 0.3) is 0 Å². The van der Waals surface area contributed by atoms with Crippen molar-refractivity contribution in [1.82, 2.24) is 15.6 Å². The molecule has 1 fully saturated rings. The Hall–Kier alpha value is -0.570. The van der Waals surface area contributed by atoms with Gasteiger partial charge in [0.05, 0.1) is 12.2 Å². The monoisotopic (exact) mass is 479 g/mol. The Morgan fingerprint density at radius 3 is 2.56 bits per heavy atom. The zero-order valence-corrected chi connectivity index (χ0v) is 19.4. The Morgan fingerprint density at radius 2 is 2.00 bits per heavy atom. The molecule has 2 rings (SSSR count). The van der Waals surface area contributed by atoms with Crippen molar-refractivity contribution in [2.24, 2.45) is 16.8 Å². The number of halogens is 1. The molecule has 1 aliphatic rings. The van der Waals surface area contributed by atoms with Gasteiger partial charge in [0.25, 0.3) is 0 Å². The highest BCUT2D eigenvalue weighted by Crippen LogP contribution is 2.31. The zero-order chi connectivity index (χ0) is 17.5. The fourth-order valence-corrected chi connectivity index (χ4v) is 4.13. The van der Waals surface area contributed by atoms with E-state index < -0.39 is 0 Å². The third-order valence-electron chi connectivity index (χ3n) is 5.13. The zero-order valence-electron chi connectivity index (χ0n) is 16.2. The van der Waals surface area contributed by atoms with Crippen LogP contribution < -0.4 is 15.5 Å². The summed E-state index contributed by atoms with van der Waals surface area (Å²) in [5.41, 5.74) is 1.06. The van der Waals surface area contributed by atoms with Crippen molar-refractivity contribution >= 4 is 46.4 Å². The number of guanidine groups is 1. The molecular formula is C18H34IN5S. The first-order valence-corrected chi connectivity index (χ1v) is 9.98. The lowest BCUT2D eigenvalue weighted by molar-refractivity contribution is 0.229. The van der Waals surface area contributed by atoms with Crippen molar-refractivity contribution in [2.45, 2.75) is 58.5 Å². The van der Waals surface area contributed by atoms with Gasteiger partial charge < -0.3 is 15.5 Å². The normalized spacial score (nSPS) is 18.2. The molecule has 0 saturated heterocycles. The maximum Gasteiger partial charge on any atom is 0.191 e. The van der Waals surface area contributed by atoms with Crippen LogP contribution in [0.3, 0.4) is 0 Å². The van der Waals surface area contributed by atoms with Crippen LogP contribution in [0.1, 0.15) is 51.6 Å². The van der Waals surface area contributed by atoms with E-state index in [-0.39, 0.29) is 24.0 Å². The lowest BCUT2D eigenvalue weighted by Gasteiger charge is -2.32. The molecule has 1 saturated carbocycles. The van der Waals surface area contributed by atoms with Crippen LogP contribution in [-0.2, 0) is 6.54 Å². The van der Waals surface area contributed by atoms with Gasteiger partial charge >= 0.3 is 0 Å². The minimum Gasteiger partial charge on any atom is -0.354 e. The van der Waals surface area contributed by atoms with Crippen LogP contribution in [0.15, 0.2) is 10.4 Å². The number of thiazole rings is 1. The van der Waals surface area contributed by atoms with Gasteiger partial charge in [-0.15, -0.1) is 35.3 Å². The Morgan fingerprint density at radius 1 is 1.32 bits per heavy atom.